The first-order valence-corrected chi connectivity index (χ1v) is 5.15. The van der Waals surface area contributed by atoms with E-state index in [1.54, 1.807) is 13.4 Å². The van der Waals surface area contributed by atoms with E-state index in [1.165, 1.54) is 0 Å². The molecule has 0 amide bonds. The molecule has 0 fully saturated rings. The maximum Gasteiger partial charge on any atom is 0.164 e. The molecule has 15 heavy (non-hydrogen) atoms. The number of ether oxygens (including phenoxy) is 1. The molecule has 1 rings (SSSR count). The van der Waals surface area contributed by atoms with Crippen molar-refractivity contribution in [2.75, 3.05) is 14.2 Å². The lowest BCUT2D eigenvalue weighted by Crippen LogP contribution is -2.24. The number of nitrogens with one attached hydrogen (secondary N) is 1. The van der Waals surface area contributed by atoms with Crippen molar-refractivity contribution < 1.29 is 4.74 Å². The normalized spacial score (nSPS) is 12.0. The van der Waals surface area contributed by atoms with Gasteiger partial charge in [-0.15, -0.1) is 0 Å². The van der Waals surface area contributed by atoms with Crippen LogP contribution in [0.25, 0.3) is 0 Å². The summed E-state index contributed by atoms with van der Waals surface area (Å²) in [4.78, 5) is 4.18. The number of hydrogen-bond donors (Lipinski definition) is 1. The van der Waals surface area contributed by atoms with Crippen molar-refractivity contribution in [1.29, 1.82) is 0 Å². The molecular formula is C10H20N4O. The van der Waals surface area contributed by atoms with E-state index in [0.717, 1.165) is 18.8 Å². The molecule has 0 aromatic carbocycles. The van der Waals surface area contributed by atoms with E-state index in [4.69, 9.17) is 4.74 Å². The fraction of sp³-hybridized carbons (Fsp3) is 0.800. The van der Waals surface area contributed by atoms with Gasteiger partial charge in [0.2, 0.25) is 0 Å². The van der Waals surface area contributed by atoms with E-state index in [1.807, 2.05) is 11.7 Å². The predicted octanol–water partition coefficient (Wildman–Crippen LogP) is 0.813. The molecule has 0 spiro atoms. The van der Waals surface area contributed by atoms with Crippen LogP contribution in [-0.2, 0) is 17.8 Å². The average Bonchev–Trinajstić information content (AvgIpc) is 2.64. The van der Waals surface area contributed by atoms with Crippen LogP contribution in [0, 0.1) is 0 Å². The van der Waals surface area contributed by atoms with E-state index < -0.39 is 0 Å². The van der Waals surface area contributed by atoms with Gasteiger partial charge in [-0.3, -0.25) is 4.68 Å². The Morgan fingerprint density at radius 3 is 2.87 bits per heavy atom. The molecule has 0 aliphatic heterocycles. The van der Waals surface area contributed by atoms with Crippen LogP contribution < -0.4 is 5.32 Å². The Morgan fingerprint density at radius 2 is 2.27 bits per heavy atom. The van der Waals surface area contributed by atoms with Gasteiger partial charge in [0.05, 0.1) is 12.1 Å². The van der Waals surface area contributed by atoms with Crippen LogP contribution in [0.5, 0.6) is 0 Å². The summed E-state index contributed by atoms with van der Waals surface area (Å²) in [6.07, 6.45) is 2.68. The van der Waals surface area contributed by atoms with E-state index >= 15 is 0 Å². The summed E-state index contributed by atoms with van der Waals surface area (Å²) in [6.45, 7) is 5.68. The molecule has 1 N–H and O–H groups in total. The van der Waals surface area contributed by atoms with E-state index in [0.29, 0.717) is 6.54 Å². The number of rotatable bonds is 6. The summed E-state index contributed by atoms with van der Waals surface area (Å²) in [7, 11) is 3.61. The number of aromatic nitrogens is 3. The second-order valence-electron chi connectivity index (χ2n) is 4.17. The van der Waals surface area contributed by atoms with Crippen molar-refractivity contribution in [2.24, 2.45) is 0 Å². The molecule has 86 valence electrons. The second-order valence-corrected chi connectivity index (χ2v) is 4.17. The van der Waals surface area contributed by atoms with Crippen LogP contribution >= 0.6 is 0 Å². The van der Waals surface area contributed by atoms with Crippen molar-refractivity contribution in [3.05, 3.63) is 12.2 Å². The topological polar surface area (TPSA) is 52.0 Å². The van der Waals surface area contributed by atoms with Crippen LogP contribution in [0.1, 0.15) is 26.1 Å². The minimum atomic E-state index is -0.102. The van der Waals surface area contributed by atoms with Gasteiger partial charge in [-0.05, 0) is 27.3 Å². The molecule has 0 unspecified atom stereocenters. The van der Waals surface area contributed by atoms with Gasteiger partial charge in [-0.1, -0.05) is 0 Å². The summed E-state index contributed by atoms with van der Waals surface area (Å²) in [5.74, 6) is 0.827. The molecule has 1 heterocycles. The SMILES string of the molecule is CNCc1ncn(CCC(C)(C)OC)n1. The Balaban J connectivity index is 2.44. The van der Waals surface area contributed by atoms with Gasteiger partial charge in [0.15, 0.2) is 5.82 Å². The van der Waals surface area contributed by atoms with Gasteiger partial charge in [0.1, 0.15) is 6.33 Å². The molecule has 0 atom stereocenters. The van der Waals surface area contributed by atoms with Crippen LogP contribution in [0.4, 0.5) is 0 Å². The summed E-state index contributed by atoms with van der Waals surface area (Å²) in [5, 5.41) is 7.34. The Labute approximate surface area is 90.8 Å². The van der Waals surface area contributed by atoms with Gasteiger partial charge in [-0.25, -0.2) is 4.98 Å². The van der Waals surface area contributed by atoms with Crippen molar-refractivity contribution >= 4 is 0 Å². The summed E-state index contributed by atoms with van der Waals surface area (Å²) in [6, 6.07) is 0. The monoisotopic (exact) mass is 212 g/mol. The van der Waals surface area contributed by atoms with Gasteiger partial charge < -0.3 is 10.1 Å². The fourth-order valence-corrected chi connectivity index (χ4v) is 1.17. The maximum absolute atomic E-state index is 5.34. The number of methoxy groups -OCH3 is 1. The van der Waals surface area contributed by atoms with Crippen LogP contribution in [0.3, 0.4) is 0 Å². The first-order valence-electron chi connectivity index (χ1n) is 5.15. The summed E-state index contributed by atoms with van der Waals surface area (Å²) in [5.41, 5.74) is -0.102. The molecule has 1 aromatic rings. The Hall–Kier alpha value is -0.940. The van der Waals surface area contributed by atoms with Crippen molar-refractivity contribution in [3.63, 3.8) is 0 Å². The van der Waals surface area contributed by atoms with Gasteiger partial charge in [-0.2, -0.15) is 5.10 Å². The van der Waals surface area contributed by atoms with E-state index in [2.05, 4.69) is 29.2 Å². The Morgan fingerprint density at radius 1 is 1.53 bits per heavy atom. The third-order valence-corrected chi connectivity index (χ3v) is 2.41. The lowest BCUT2D eigenvalue weighted by Gasteiger charge is -2.22. The molecule has 0 saturated heterocycles. The van der Waals surface area contributed by atoms with Crippen LogP contribution in [-0.4, -0.2) is 34.5 Å². The third kappa shape index (κ3) is 3.97. The molecule has 5 heteroatoms. The molecule has 0 radical (unpaired) electrons. The predicted molar refractivity (Wildman–Crippen MR) is 58.5 cm³/mol. The first-order chi connectivity index (χ1) is 7.07. The van der Waals surface area contributed by atoms with Gasteiger partial charge >= 0.3 is 0 Å². The van der Waals surface area contributed by atoms with Crippen molar-refractivity contribution in [1.82, 2.24) is 20.1 Å². The van der Waals surface area contributed by atoms with E-state index in [-0.39, 0.29) is 5.60 Å². The average molecular weight is 212 g/mol. The molecular weight excluding hydrogens is 192 g/mol. The Kier molecular flexibility index (Phi) is 4.23. The standard InChI is InChI=1S/C10H20N4O/c1-10(2,15-4)5-6-14-8-12-9(13-14)7-11-3/h8,11H,5-7H2,1-4H3. The third-order valence-electron chi connectivity index (χ3n) is 2.41. The number of hydrogen-bond acceptors (Lipinski definition) is 4. The fourth-order valence-electron chi connectivity index (χ4n) is 1.17. The molecule has 0 bridgehead atoms. The molecule has 0 aliphatic rings. The highest BCUT2D eigenvalue weighted by atomic mass is 16.5. The first kappa shape index (κ1) is 12.1. The largest absolute Gasteiger partial charge is 0.379 e. The minimum Gasteiger partial charge on any atom is -0.379 e. The maximum atomic E-state index is 5.34. The zero-order valence-electron chi connectivity index (χ0n) is 9.95. The summed E-state index contributed by atoms with van der Waals surface area (Å²) < 4.78 is 7.19. The van der Waals surface area contributed by atoms with Crippen molar-refractivity contribution in [3.8, 4) is 0 Å². The van der Waals surface area contributed by atoms with Gasteiger partial charge in [0, 0.05) is 13.7 Å². The smallest absolute Gasteiger partial charge is 0.164 e. The van der Waals surface area contributed by atoms with Crippen molar-refractivity contribution in [2.45, 2.75) is 39.0 Å². The molecule has 0 aliphatic carbocycles. The summed E-state index contributed by atoms with van der Waals surface area (Å²) >= 11 is 0. The minimum absolute atomic E-state index is 0.102. The Bertz CT molecular complexity index is 295. The van der Waals surface area contributed by atoms with E-state index in [9.17, 15) is 0 Å². The zero-order valence-corrected chi connectivity index (χ0v) is 9.95. The quantitative estimate of drug-likeness (QED) is 0.758. The lowest BCUT2D eigenvalue weighted by molar-refractivity contribution is 0.0113. The lowest BCUT2D eigenvalue weighted by atomic mass is 10.1. The number of aryl methyl sites for hydroxylation is 1. The molecule has 5 nitrogen and oxygen atoms in total. The highest BCUT2D eigenvalue weighted by Gasteiger charge is 2.16. The number of nitrogens with zero attached hydrogens (tertiary/aromatic N) is 3. The zero-order chi connectivity index (χ0) is 11.3. The molecule has 1 aromatic heterocycles. The highest BCUT2D eigenvalue weighted by molar-refractivity contribution is 4.80. The molecule has 0 saturated carbocycles. The van der Waals surface area contributed by atoms with Gasteiger partial charge in [0.25, 0.3) is 0 Å². The van der Waals surface area contributed by atoms with Crippen LogP contribution in [0.2, 0.25) is 0 Å². The second kappa shape index (κ2) is 5.23. The van der Waals surface area contributed by atoms with Crippen LogP contribution in [0.15, 0.2) is 6.33 Å². The highest BCUT2D eigenvalue weighted by Crippen LogP contribution is 2.13.